The molecule has 0 bridgehead atoms. The molecule has 228 valence electrons. The zero-order valence-electron chi connectivity index (χ0n) is 22.8. The molecular weight excluding hydrogens is 675 g/mol. The second-order valence-corrected chi connectivity index (χ2v) is 17.2. The maximum Gasteiger partial charge on any atom is 0.176 e. The molecule has 0 N–H and O–H groups in total. The highest BCUT2D eigenvalue weighted by molar-refractivity contribution is 8.06. The molecular formula is C29H26Cl2O8S4. The molecule has 4 aromatic carbocycles. The van der Waals surface area contributed by atoms with Crippen LogP contribution in [0.1, 0.15) is 20.3 Å². The van der Waals surface area contributed by atoms with Crippen LogP contribution in [0.25, 0.3) is 0 Å². The van der Waals surface area contributed by atoms with Gasteiger partial charge in [-0.2, -0.15) is 0 Å². The fourth-order valence-corrected chi connectivity index (χ4v) is 14.1. The maximum absolute atomic E-state index is 8.49. The van der Waals surface area contributed by atoms with Crippen LogP contribution in [0.15, 0.2) is 136 Å². The summed E-state index contributed by atoms with van der Waals surface area (Å²) in [6, 6.07) is 36.5. The van der Waals surface area contributed by atoms with Crippen LogP contribution in [0, 0.1) is 20.5 Å². The highest BCUT2D eigenvalue weighted by Crippen LogP contribution is 2.52. The van der Waals surface area contributed by atoms with Crippen LogP contribution in [0.3, 0.4) is 0 Å². The SMILES string of the molecule is CC[C@H]([C@H](C)[S+]1c2ccccc2Sc2ccccc21)[S+]1c2ccccc2Sc2ccccc21.[O-][Cl+3]([O-])([O-])[O-].[O-][Cl+3]([O-])([O-])[O-]. The van der Waals surface area contributed by atoms with Crippen molar-refractivity contribution in [1.82, 2.24) is 0 Å². The first-order valence-corrected chi connectivity index (χ1v) is 19.4. The number of fused-ring (bicyclic) bond motifs is 4. The second-order valence-electron chi connectivity index (χ2n) is 9.07. The van der Waals surface area contributed by atoms with Gasteiger partial charge in [0.2, 0.25) is 0 Å². The van der Waals surface area contributed by atoms with Crippen molar-refractivity contribution in [3.63, 3.8) is 0 Å². The van der Waals surface area contributed by atoms with E-state index in [9.17, 15) is 0 Å². The van der Waals surface area contributed by atoms with Gasteiger partial charge in [0.15, 0.2) is 30.1 Å². The number of hydrogen-bond donors (Lipinski definition) is 0. The van der Waals surface area contributed by atoms with E-state index in [1.165, 1.54) is 45.6 Å². The maximum atomic E-state index is 8.49. The lowest BCUT2D eigenvalue weighted by Gasteiger charge is -2.29. The molecule has 0 unspecified atom stereocenters. The molecule has 0 aliphatic carbocycles. The summed E-state index contributed by atoms with van der Waals surface area (Å²) < 4.78 is 67.9. The van der Waals surface area contributed by atoms with Crippen LogP contribution < -0.4 is 37.3 Å². The second kappa shape index (κ2) is 14.8. The molecule has 2 heterocycles. The molecule has 8 nitrogen and oxygen atoms in total. The van der Waals surface area contributed by atoms with E-state index in [2.05, 4.69) is 111 Å². The molecule has 2 aliphatic rings. The Morgan fingerprint density at radius 2 is 0.767 bits per heavy atom. The summed E-state index contributed by atoms with van der Waals surface area (Å²) in [5, 5.41) is 1.13. The fraction of sp³-hybridized carbons (Fsp3) is 0.172. The molecule has 0 amide bonds. The van der Waals surface area contributed by atoms with E-state index in [-0.39, 0.29) is 21.8 Å². The predicted molar refractivity (Wildman–Crippen MR) is 145 cm³/mol. The zero-order valence-corrected chi connectivity index (χ0v) is 27.5. The third kappa shape index (κ3) is 9.28. The van der Waals surface area contributed by atoms with Gasteiger partial charge in [-0.05, 0) is 61.9 Å². The highest BCUT2D eigenvalue weighted by atomic mass is 35.7. The van der Waals surface area contributed by atoms with Gasteiger partial charge in [0.25, 0.3) is 0 Å². The van der Waals surface area contributed by atoms with E-state index < -0.39 is 20.5 Å². The number of benzene rings is 4. The van der Waals surface area contributed by atoms with Crippen LogP contribution in [-0.2, 0) is 21.8 Å². The van der Waals surface area contributed by atoms with Crippen molar-refractivity contribution in [1.29, 1.82) is 0 Å². The van der Waals surface area contributed by atoms with Crippen molar-refractivity contribution >= 4 is 45.3 Å². The third-order valence-electron chi connectivity index (χ3n) is 6.38. The van der Waals surface area contributed by atoms with E-state index in [1.807, 2.05) is 23.5 Å². The van der Waals surface area contributed by atoms with E-state index >= 15 is 0 Å². The van der Waals surface area contributed by atoms with Gasteiger partial charge in [-0.1, -0.05) is 79.0 Å². The quantitative estimate of drug-likeness (QED) is 0.240. The summed E-state index contributed by atoms with van der Waals surface area (Å²) in [4.78, 5) is 11.9. The normalized spacial score (nSPS) is 15.7. The topological polar surface area (TPSA) is 184 Å². The molecule has 0 saturated heterocycles. The molecule has 4 aromatic rings. The van der Waals surface area contributed by atoms with Gasteiger partial charge >= 0.3 is 0 Å². The summed E-state index contributed by atoms with van der Waals surface area (Å²) in [6.45, 7) is 4.93. The number of halogens is 2. The number of hydrogen-bond acceptors (Lipinski definition) is 10. The van der Waals surface area contributed by atoms with E-state index in [1.54, 1.807) is 0 Å². The average Bonchev–Trinajstić information content (AvgIpc) is 2.94. The molecule has 14 heteroatoms. The summed E-state index contributed by atoms with van der Waals surface area (Å²) in [5.41, 5.74) is 0. The monoisotopic (exact) mass is 700 g/mol. The first-order chi connectivity index (χ1) is 20.3. The Morgan fingerprint density at radius 3 is 1.05 bits per heavy atom. The first-order valence-electron chi connectivity index (χ1n) is 12.7. The van der Waals surface area contributed by atoms with E-state index in [0.717, 1.165) is 0 Å². The Kier molecular flexibility index (Phi) is 11.8. The fourth-order valence-electron chi connectivity index (χ4n) is 4.91. The molecule has 0 saturated carbocycles. The molecule has 6 rings (SSSR count). The van der Waals surface area contributed by atoms with Gasteiger partial charge < -0.3 is 0 Å². The molecule has 0 aromatic heterocycles. The molecule has 0 radical (unpaired) electrons. The van der Waals surface area contributed by atoms with Crippen molar-refractivity contribution in [3.05, 3.63) is 97.1 Å². The van der Waals surface area contributed by atoms with Crippen LogP contribution in [-0.4, -0.2) is 10.5 Å². The molecule has 0 fully saturated rings. The van der Waals surface area contributed by atoms with Crippen LogP contribution >= 0.6 is 23.5 Å². The summed E-state index contributed by atoms with van der Waals surface area (Å²) in [6.07, 6.45) is 1.18. The lowest BCUT2D eigenvalue weighted by Crippen LogP contribution is -2.68. The van der Waals surface area contributed by atoms with Crippen LogP contribution in [0.5, 0.6) is 0 Å². The van der Waals surface area contributed by atoms with Crippen molar-refractivity contribution < 1.29 is 57.8 Å². The van der Waals surface area contributed by atoms with Gasteiger partial charge in [-0.15, -0.1) is 20.5 Å². The van der Waals surface area contributed by atoms with Crippen LogP contribution in [0.2, 0.25) is 0 Å². The molecule has 2 atom stereocenters. The summed E-state index contributed by atoms with van der Waals surface area (Å²) >= 11 is 3.89. The summed E-state index contributed by atoms with van der Waals surface area (Å²) in [5.74, 6) is 0. The van der Waals surface area contributed by atoms with Crippen molar-refractivity contribution in [2.45, 2.75) is 69.9 Å². The van der Waals surface area contributed by atoms with Crippen molar-refractivity contribution in [2.24, 2.45) is 0 Å². The molecule has 0 spiro atoms. The number of rotatable bonds is 4. The Balaban J connectivity index is 0.000000369. The largest absolute Gasteiger partial charge is 0.222 e. The van der Waals surface area contributed by atoms with Gasteiger partial charge in [0.1, 0.15) is 0 Å². The minimum Gasteiger partial charge on any atom is -0.222 e. The smallest absolute Gasteiger partial charge is 0.176 e. The van der Waals surface area contributed by atoms with Gasteiger partial charge in [0.05, 0.1) is 41.4 Å². The van der Waals surface area contributed by atoms with E-state index in [0.29, 0.717) is 10.5 Å². The van der Waals surface area contributed by atoms with Crippen LogP contribution in [0.4, 0.5) is 0 Å². The van der Waals surface area contributed by atoms with E-state index in [4.69, 9.17) is 37.3 Å². The van der Waals surface area contributed by atoms with Crippen molar-refractivity contribution in [3.8, 4) is 0 Å². The van der Waals surface area contributed by atoms with Gasteiger partial charge in [-0.3, -0.25) is 0 Å². The molecule has 43 heavy (non-hydrogen) atoms. The third-order valence-corrected chi connectivity index (χ3v) is 15.1. The minimum absolute atomic E-state index is 0.0548. The lowest BCUT2D eigenvalue weighted by molar-refractivity contribution is -2.00. The summed E-state index contributed by atoms with van der Waals surface area (Å²) in [7, 11) is -9.77. The highest BCUT2D eigenvalue weighted by Gasteiger charge is 2.52. The Morgan fingerprint density at radius 1 is 0.512 bits per heavy atom. The first kappa shape index (κ1) is 34.4. The van der Waals surface area contributed by atoms with Gasteiger partial charge in [-0.25, -0.2) is 37.3 Å². The Hall–Kier alpha value is -1.46. The molecule has 2 aliphatic heterocycles. The Labute approximate surface area is 268 Å². The standard InChI is InChI=1S/C29H26S4.2ClHO4/c1-3-25(33-28-18-10-6-14-23(28)31-24-15-7-11-19-29(24)33)20(2)32-26-16-8-4-12-21(26)30-22-13-5-9-17-27(22)32;2*2-1(3,4)5/h4-20,25H,3H2,1-2H3;2*(H,2,3,4,5)/q+2;;/p-2/t20-,25+;;/m0../s1. The predicted octanol–water partition coefficient (Wildman–Crippen LogP) is -0.956. The van der Waals surface area contributed by atoms with Crippen molar-refractivity contribution in [2.75, 3.05) is 0 Å². The zero-order chi connectivity index (χ0) is 31.4. The lowest BCUT2D eigenvalue weighted by atomic mass is 10.2. The van der Waals surface area contributed by atoms with Gasteiger partial charge in [0, 0.05) is 0 Å². The Bertz CT molecular complexity index is 1420. The minimum atomic E-state index is -4.94. The average molecular weight is 702 g/mol.